The van der Waals surface area contributed by atoms with Crippen molar-refractivity contribution in [3.05, 3.63) is 23.9 Å². The Labute approximate surface area is 96.9 Å². The maximum absolute atomic E-state index is 4.44. The van der Waals surface area contributed by atoms with Gasteiger partial charge in [0.25, 0.3) is 0 Å². The molecule has 15 heavy (non-hydrogen) atoms. The molecule has 0 saturated carbocycles. The normalized spacial score (nSPS) is 13.1. The van der Waals surface area contributed by atoms with E-state index in [9.17, 15) is 0 Å². The molecule has 0 saturated heterocycles. The summed E-state index contributed by atoms with van der Waals surface area (Å²) in [7, 11) is 1.96. The molecule has 0 aliphatic carbocycles. The average Bonchev–Trinajstić information content (AvgIpc) is 2.26. The lowest BCUT2D eigenvalue weighted by molar-refractivity contribution is 0.648. The molecule has 0 fully saturated rings. The molecule has 0 bridgehead atoms. The van der Waals surface area contributed by atoms with Crippen LogP contribution in [0.5, 0.6) is 0 Å². The number of nitrogens with zero attached hydrogens (tertiary/aromatic N) is 1. The van der Waals surface area contributed by atoms with Crippen LogP contribution in [0.4, 0.5) is 0 Å². The number of pyridine rings is 1. The van der Waals surface area contributed by atoms with Crippen LogP contribution in [0.2, 0.25) is 0 Å². The lowest BCUT2D eigenvalue weighted by Gasteiger charge is -2.10. The fourth-order valence-corrected chi connectivity index (χ4v) is 1.95. The summed E-state index contributed by atoms with van der Waals surface area (Å²) in [4.78, 5) is 4.44. The first-order valence-electron chi connectivity index (χ1n) is 5.39. The molecule has 1 N–H and O–H groups in total. The zero-order chi connectivity index (χ0) is 11.3. The highest BCUT2D eigenvalue weighted by Gasteiger charge is 2.03. The number of rotatable bonds is 5. The van der Waals surface area contributed by atoms with E-state index in [0.29, 0.717) is 12.0 Å². The monoisotopic (exact) mass is 224 g/mol. The average molecular weight is 224 g/mol. The van der Waals surface area contributed by atoms with Crippen molar-refractivity contribution in [2.45, 2.75) is 31.8 Å². The second kappa shape index (κ2) is 6.13. The van der Waals surface area contributed by atoms with Gasteiger partial charge in [-0.05, 0) is 31.5 Å². The van der Waals surface area contributed by atoms with Crippen LogP contribution in [0, 0.1) is 5.92 Å². The quantitative estimate of drug-likeness (QED) is 0.778. The molecule has 0 radical (unpaired) electrons. The zero-order valence-electron chi connectivity index (χ0n) is 9.95. The lowest BCUT2D eigenvalue weighted by atomic mass is 10.1. The summed E-state index contributed by atoms with van der Waals surface area (Å²) in [5, 5.41) is 4.33. The van der Waals surface area contributed by atoms with Crippen molar-refractivity contribution in [1.82, 2.24) is 10.3 Å². The molecule has 1 unspecified atom stereocenters. The van der Waals surface area contributed by atoms with Crippen LogP contribution in [-0.2, 0) is 0 Å². The van der Waals surface area contributed by atoms with Gasteiger partial charge >= 0.3 is 0 Å². The van der Waals surface area contributed by atoms with Crippen LogP contribution in [0.1, 0.15) is 32.4 Å². The van der Waals surface area contributed by atoms with Crippen LogP contribution >= 0.6 is 11.8 Å². The Kier molecular flexibility index (Phi) is 5.12. The Morgan fingerprint density at radius 2 is 2.07 bits per heavy atom. The molecule has 1 heterocycles. The molecular formula is C12H20N2S. The van der Waals surface area contributed by atoms with Gasteiger partial charge in [-0.25, -0.2) is 4.98 Å². The van der Waals surface area contributed by atoms with E-state index in [-0.39, 0.29) is 0 Å². The van der Waals surface area contributed by atoms with Gasteiger partial charge in [0, 0.05) is 18.0 Å². The standard InChI is InChI=1S/C12H20N2S/c1-9(2)8-15-12-6-5-11(7-14-12)10(3)13-4/h5-7,9-10,13H,8H2,1-4H3. The van der Waals surface area contributed by atoms with Crippen LogP contribution < -0.4 is 5.32 Å². The van der Waals surface area contributed by atoms with Gasteiger partial charge < -0.3 is 5.32 Å². The number of hydrogen-bond acceptors (Lipinski definition) is 3. The third-order valence-electron chi connectivity index (χ3n) is 2.26. The zero-order valence-corrected chi connectivity index (χ0v) is 10.8. The van der Waals surface area contributed by atoms with Gasteiger partial charge in [0.2, 0.25) is 0 Å². The summed E-state index contributed by atoms with van der Waals surface area (Å²) in [6, 6.07) is 4.63. The topological polar surface area (TPSA) is 24.9 Å². The predicted molar refractivity (Wildman–Crippen MR) is 67.3 cm³/mol. The van der Waals surface area contributed by atoms with Gasteiger partial charge in [-0.15, -0.1) is 11.8 Å². The Morgan fingerprint density at radius 3 is 2.53 bits per heavy atom. The van der Waals surface area contributed by atoms with E-state index in [0.717, 1.165) is 10.8 Å². The molecule has 1 aromatic heterocycles. The van der Waals surface area contributed by atoms with Gasteiger partial charge in [-0.3, -0.25) is 0 Å². The van der Waals surface area contributed by atoms with E-state index in [4.69, 9.17) is 0 Å². The number of hydrogen-bond donors (Lipinski definition) is 1. The molecule has 0 aliphatic rings. The molecule has 1 atom stereocenters. The largest absolute Gasteiger partial charge is 0.313 e. The van der Waals surface area contributed by atoms with Gasteiger partial charge in [0.1, 0.15) is 0 Å². The predicted octanol–water partition coefficient (Wildman–Crippen LogP) is 3.11. The van der Waals surface area contributed by atoms with E-state index < -0.39 is 0 Å². The second-order valence-electron chi connectivity index (χ2n) is 4.14. The molecule has 0 amide bonds. The highest BCUT2D eigenvalue weighted by molar-refractivity contribution is 7.99. The van der Waals surface area contributed by atoms with E-state index in [1.807, 2.05) is 25.0 Å². The SMILES string of the molecule is CNC(C)c1ccc(SCC(C)C)nc1. The van der Waals surface area contributed by atoms with Crippen molar-refractivity contribution in [3.63, 3.8) is 0 Å². The van der Waals surface area contributed by atoms with Crippen molar-refractivity contribution in [2.24, 2.45) is 5.92 Å². The summed E-state index contributed by atoms with van der Waals surface area (Å²) in [6.45, 7) is 6.59. The molecule has 1 rings (SSSR count). The molecule has 0 spiro atoms. The second-order valence-corrected chi connectivity index (χ2v) is 5.19. The van der Waals surface area contributed by atoms with Crippen molar-refractivity contribution >= 4 is 11.8 Å². The third-order valence-corrected chi connectivity index (χ3v) is 3.63. The Bertz CT molecular complexity index is 282. The molecule has 3 heteroatoms. The van der Waals surface area contributed by atoms with E-state index in [2.05, 4.69) is 43.2 Å². The van der Waals surface area contributed by atoms with Gasteiger partial charge in [0.15, 0.2) is 0 Å². The highest BCUT2D eigenvalue weighted by atomic mass is 32.2. The van der Waals surface area contributed by atoms with E-state index >= 15 is 0 Å². The van der Waals surface area contributed by atoms with E-state index in [1.54, 1.807) is 0 Å². The number of nitrogens with one attached hydrogen (secondary N) is 1. The highest BCUT2D eigenvalue weighted by Crippen LogP contribution is 2.19. The Balaban J connectivity index is 2.56. The minimum Gasteiger partial charge on any atom is -0.313 e. The molecular weight excluding hydrogens is 204 g/mol. The first-order valence-corrected chi connectivity index (χ1v) is 6.38. The molecule has 1 aromatic rings. The van der Waals surface area contributed by atoms with Crippen molar-refractivity contribution in [3.8, 4) is 0 Å². The Morgan fingerprint density at radius 1 is 1.33 bits per heavy atom. The van der Waals surface area contributed by atoms with E-state index in [1.165, 1.54) is 5.56 Å². The third kappa shape index (κ3) is 4.22. The molecule has 2 nitrogen and oxygen atoms in total. The first kappa shape index (κ1) is 12.5. The summed E-state index contributed by atoms with van der Waals surface area (Å²) >= 11 is 1.83. The summed E-state index contributed by atoms with van der Waals surface area (Å²) in [5.74, 6) is 1.85. The van der Waals surface area contributed by atoms with Crippen LogP contribution in [0.15, 0.2) is 23.4 Å². The van der Waals surface area contributed by atoms with Crippen LogP contribution in [-0.4, -0.2) is 17.8 Å². The fourth-order valence-electron chi connectivity index (χ4n) is 1.15. The summed E-state index contributed by atoms with van der Waals surface area (Å²) < 4.78 is 0. The van der Waals surface area contributed by atoms with Crippen LogP contribution in [0.3, 0.4) is 0 Å². The van der Waals surface area contributed by atoms with Gasteiger partial charge in [0.05, 0.1) is 5.03 Å². The van der Waals surface area contributed by atoms with Crippen molar-refractivity contribution in [2.75, 3.05) is 12.8 Å². The minimum atomic E-state index is 0.377. The molecule has 84 valence electrons. The maximum Gasteiger partial charge on any atom is 0.0960 e. The summed E-state index contributed by atoms with van der Waals surface area (Å²) in [6.07, 6.45) is 1.96. The number of thioether (sulfide) groups is 1. The van der Waals surface area contributed by atoms with Crippen molar-refractivity contribution in [1.29, 1.82) is 0 Å². The molecule has 0 aliphatic heterocycles. The van der Waals surface area contributed by atoms with Crippen LogP contribution in [0.25, 0.3) is 0 Å². The summed E-state index contributed by atoms with van der Waals surface area (Å²) in [5.41, 5.74) is 1.24. The maximum atomic E-state index is 4.44. The lowest BCUT2D eigenvalue weighted by Crippen LogP contribution is -2.12. The van der Waals surface area contributed by atoms with Crippen molar-refractivity contribution < 1.29 is 0 Å². The number of aromatic nitrogens is 1. The van der Waals surface area contributed by atoms with Gasteiger partial charge in [-0.2, -0.15) is 0 Å². The fraction of sp³-hybridized carbons (Fsp3) is 0.583. The first-order chi connectivity index (χ1) is 7.13. The van der Waals surface area contributed by atoms with Gasteiger partial charge in [-0.1, -0.05) is 19.9 Å². The minimum absolute atomic E-state index is 0.377. The smallest absolute Gasteiger partial charge is 0.0960 e. The molecule has 0 aromatic carbocycles. The Hall–Kier alpha value is -0.540.